The van der Waals surface area contributed by atoms with Crippen molar-refractivity contribution in [1.82, 2.24) is 9.97 Å². The molecule has 0 spiro atoms. The van der Waals surface area contributed by atoms with Gasteiger partial charge in [-0.3, -0.25) is 4.79 Å². The van der Waals surface area contributed by atoms with E-state index in [1.54, 1.807) is 24.4 Å². The molecular formula is C13H10BrClN4O. The maximum absolute atomic E-state index is 12.3. The zero-order valence-corrected chi connectivity index (χ0v) is 12.9. The minimum Gasteiger partial charge on any atom is -0.319 e. The molecule has 20 heavy (non-hydrogen) atoms. The Morgan fingerprint density at radius 3 is 2.95 bits per heavy atom. The van der Waals surface area contributed by atoms with Gasteiger partial charge in [0.1, 0.15) is 11.0 Å². The number of aromatic nitrogens is 2. The van der Waals surface area contributed by atoms with Crippen molar-refractivity contribution >= 4 is 50.8 Å². The zero-order valence-electron chi connectivity index (χ0n) is 10.5. The van der Waals surface area contributed by atoms with Crippen molar-refractivity contribution in [1.29, 1.82) is 0 Å². The fourth-order valence-corrected chi connectivity index (χ4v) is 2.61. The van der Waals surface area contributed by atoms with Crippen molar-refractivity contribution in [3.8, 4) is 0 Å². The van der Waals surface area contributed by atoms with Gasteiger partial charge in [0.25, 0.3) is 5.91 Å². The second-order valence-corrected chi connectivity index (χ2v) is 5.53. The first-order valence-corrected chi connectivity index (χ1v) is 7.18. The molecule has 0 bridgehead atoms. The molecule has 0 unspecified atom stereocenters. The van der Waals surface area contributed by atoms with E-state index in [9.17, 15) is 4.79 Å². The number of halogens is 2. The minimum absolute atomic E-state index is 0.213. The third-order valence-electron chi connectivity index (χ3n) is 2.99. The second-order valence-electron chi connectivity index (χ2n) is 4.23. The molecule has 1 amide bonds. The van der Waals surface area contributed by atoms with E-state index in [4.69, 9.17) is 11.6 Å². The summed E-state index contributed by atoms with van der Waals surface area (Å²) < 4.78 is 0.749. The predicted molar refractivity (Wildman–Crippen MR) is 81.8 cm³/mol. The van der Waals surface area contributed by atoms with Gasteiger partial charge in [-0.15, -0.1) is 0 Å². The Morgan fingerprint density at radius 1 is 1.40 bits per heavy atom. The van der Waals surface area contributed by atoms with E-state index in [0.717, 1.165) is 4.47 Å². The maximum Gasteiger partial charge on any atom is 0.259 e. The second kappa shape index (κ2) is 5.03. The first-order valence-electron chi connectivity index (χ1n) is 6.01. The molecule has 1 aliphatic rings. The summed E-state index contributed by atoms with van der Waals surface area (Å²) in [6.45, 7) is 2.59. The number of nitrogens with zero attached hydrogens (tertiary/aromatic N) is 3. The molecule has 0 saturated heterocycles. The summed E-state index contributed by atoms with van der Waals surface area (Å²) in [7, 11) is 0. The monoisotopic (exact) mass is 352 g/mol. The summed E-state index contributed by atoms with van der Waals surface area (Å²) >= 11 is 9.30. The lowest BCUT2D eigenvalue weighted by Crippen LogP contribution is -2.19. The number of carbonyl (C=O) groups is 1. The summed E-state index contributed by atoms with van der Waals surface area (Å²) in [6.07, 6.45) is 1.66. The topological polar surface area (TPSA) is 58.1 Å². The van der Waals surface area contributed by atoms with Crippen LogP contribution in [-0.2, 0) is 0 Å². The lowest BCUT2D eigenvalue weighted by Gasteiger charge is -2.21. The van der Waals surface area contributed by atoms with Crippen LogP contribution >= 0.6 is 27.5 Å². The normalized spacial score (nSPS) is 13.3. The van der Waals surface area contributed by atoms with Gasteiger partial charge in [-0.2, -0.15) is 0 Å². The number of nitrogens with one attached hydrogen (secondary N) is 1. The Morgan fingerprint density at radius 2 is 2.20 bits per heavy atom. The van der Waals surface area contributed by atoms with E-state index in [0.29, 0.717) is 34.6 Å². The number of hydrogen-bond donors (Lipinski definition) is 1. The van der Waals surface area contributed by atoms with Crippen LogP contribution in [0.2, 0.25) is 5.15 Å². The highest BCUT2D eigenvalue weighted by Gasteiger charge is 2.27. The Bertz CT molecular complexity index is 707. The highest BCUT2D eigenvalue weighted by Crippen LogP contribution is 2.36. The number of rotatable bonds is 1. The fourth-order valence-electron chi connectivity index (χ4n) is 2.13. The summed E-state index contributed by atoms with van der Waals surface area (Å²) in [6, 6.07) is 5.13. The number of hydrogen-bond acceptors (Lipinski definition) is 4. The van der Waals surface area contributed by atoms with E-state index < -0.39 is 0 Å². The molecule has 7 heteroatoms. The van der Waals surface area contributed by atoms with E-state index in [-0.39, 0.29) is 5.91 Å². The molecule has 3 rings (SSSR count). The molecule has 0 aliphatic carbocycles. The smallest absolute Gasteiger partial charge is 0.259 e. The van der Waals surface area contributed by atoms with E-state index >= 15 is 0 Å². The van der Waals surface area contributed by atoms with Crippen LogP contribution in [0.15, 0.2) is 28.9 Å². The molecule has 0 atom stereocenters. The van der Waals surface area contributed by atoms with E-state index in [1.807, 2.05) is 11.8 Å². The number of anilines is 3. The zero-order chi connectivity index (χ0) is 14.3. The maximum atomic E-state index is 12.3. The first-order chi connectivity index (χ1) is 9.60. The summed E-state index contributed by atoms with van der Waals surface area (Å²) in [5.74, 6) is 0.957. The molecule has 102 valence electrons. The average molecular weight is 354 g/mol. The van der Waals surface area contributed by atoms with Gasteiger partial charge in [0.05, 0.1) is 11.3 Å². The lowest BCUT2D eigenvalue weighted by molar-refractivity contribution is 0.102. The SMILES string of the molecule is CCN1c2nc(Cl)ccc2NC(=O)c2cc(Br)cnc21. The fraction of sp³-hybridized carbons (Fsp3) is 0.154. The van der Waals surface area contributed by atoms with Crippen LogP contribution in [-0.4, -0.2) is 22.4 Å². The Balaban J connectivity index is 2.27. The molecule has 0 aromatic carbocycles. The molecule has 1 aliphatic heterocycles. The highest BCUT2D eigenvalue weighted by molar-refractivity contribution is 9.10. The van der Waals surface area contributed by atoms with Gasteiger partial charge in [-0.05, 0) is 41.1 Å². The number of carbonyl (C=O) groups excluding carboxylic acids is 1. The third kappa shape index (κ3) is 2.14. The van der Waals surface area contributed by atoms with Gasteiger partial charge in [-0.25, -0.2) is 9.97 Å². The molecule has 0 radical (unpaired) electrons. The third-order valence-corrected chi connectivity index (χ3v) is 3.64. The van der Waals surface area contributed by atoms with Crippen molar-refractivity contribution in [2.24, 2.45) is 0 Å². The number of amides is 1. The van der Waals surface area contributed by atoms with Crippen molar-refractivity contribution in [2.45, 2.75) is 6.92 Å². The van der Waals surface area contributed by atoms with Gasteiger partial charge >= 0.3 is 0 Å². The molecule has 3 heterocycles. The average Bonchev–Trinajstić information content (AvgIpc) is 2.53. The summed E-state index contributed by atoms with van der Waals surface area (Å²) in [5, 5.41) is 3.21. The van der Waals surface area contributed by atoms with Crippen LogP contribution in [0.1, 0.15) is 17.3 Å². The molecule has 0 fully saturated rings. The highest BCUT2D eigenvalue weighted by atomic mass is 79.9. The van der Waals surface area contributed by atoms with Crippen molar-refractivity contribution < 1.29 is 4.79 Å². The Hall–Kier alpha value is -1.66. The number of fused-ring (bicyclic) bond motifs is 2. The quantitative estimate of drug-likeness (QED) is 0.796. The molecule has 1 N–H and O–H groups in total. The lowest BCUT2D eigenvalue weighted by atomic mass is 10.2. The van der Waals surface area contributed by atoms with Crippen LogP contribution in [0.4, 0.5) is 17.3 Å². The molecule has 5 nitrogen and oxygen atoms in total. The van der Waals surface area contributed by atoms with Gasteiger partial charge in [0.15, 0.2) is 5.82 Å². The van der Waals surface area contributed by atoms with Crippen LogP contribution in [0, 0.1) is 0 Å². The van der Waals surface area contributed by atoms with Gasteiger partial charge in [-0.1, -0.05) is 11.6 Å². The minimum atomic E-state index is -0.213. The Labute approximate surface area is 129 Å². The van der Waals surface area contributed by atoms with Crippen LogP contribution in [0.3, 0.4) is 0 Å². The van der Waals surface area contributed by atoms with E-state index in [2.05, 4.69) is 31.2 Å². The largest absolute Gasteiger partial charge is 0.319 e. The number of pyridine rings is 2. The van der Waals surface area contributed by atoms with Crippen molar-refractivity contribution in [3.05, 3.63) is 39.6 Å². The van der Waals surface area contributed by atoms with Crippen LogP contribution < -0.4 is 10.2 Å². The molecule has 2 aromatic rings. The first kappa shape index (κ1) is 13.3. The standard InChI is InChI=1S/C13H10BrClN4O/c1-2-19-11-8(5-7(14)6-16-11)13(20)17-9-3-4-10(15)18-12(9)19/h3-6H,2H2,1H3,(H,17,20). The van der Waals surface area contributed by atoms with Gasteiger partial charge in [0, 0.05) is 17.2 Å². The van der Waals surface area contributed by atoms with Gasteiger partial charge < -0.3 is 10.2 Å². The molecule has 2 aromatic heterocycles. The van der Waals surface area contributed by atoms with Crippen LogP contribution in [0.5, 0.6) is 0 Å². The molecular weight excluding hydrogens is 344 g/mol. The van der Waals surface area contributed by atoms with E-state index in [1.165, 1.54) is 0 Å². The Kier molecular flexibility index (Phi) is 3.35. The van der Waals surface area contributed by atoms with Gasteiger partial charge in [0.2, 0.25) is 0 Å². The predicted octanol–water partition coefficient (Wildman–Crippen LogP) is 3.62. The summed E-state index contributed by atoms with van der Waals surface area (Å²) in [5.41, 5.74) is 1.12. The van der Waals surface area contributed by atoms with Crippen LogP contribution in [0.25, 0.3) is 0 Å². The van der Waals surface area contributed by atoms with Crippen molar-refractivity contribution in [3.63, 3.8) is 0 Å². The van der Waals surface area contributed by atoms with Crippen molar-refractivity contribution in [2.75, 3.05) is 16.8 Å². The molecule has 0 saturated carbocycles. The summed E-state index contributed by atoms with van der Waals surface area (Å²) in [4.78, 5) is 22.8.